The van der Waals surface area contributed by atoms with Gasteiger partial charge in [0.15, 0.2) is 0 Å². The number of nitrogens with one attached hydrogen (secondary N) is 2. The first-order valence-corrected chi connectivity index (χ1v) is 9.77. The van der Waals surface area contributed by atoms with E-state index in [1.54, 1.807) is 24.3 Å². The normalized spacial score (nSPS) is 10.6. The Kier molecular flexibility index (Phi) is 6.16. The van der Waals surface area contributed by atoms with Gasteiger partial charge in [0.25, 0.3) is 0 Å². The van der Waals surface area contributed by atoms with Crippen molar-refractivity contribution >= 4 is 40.2 Å². The van der Waals surface area contributed by atoms with Crippen molar-refractivity contribution in [3.8, 4) is 0 Å². The van der Waals surface area contributed by atoms with Crippen molar-refractivity contribution in [1.82, 2.24) is 4.98 Å². The van der Waals surface area contributed by atoms with Gasteiger partial charge in [-0.2, -0.15) is 0 Å². The van der Waals surface area contributed by atoms with Crippen LogP contribution in [0.3, 0.4) is 0 Å². The molecule has 144 valence electrons. The minimum atomic E-state index is -0.731. The maximum absolute atomic E-state index is 12.7. The van der Waals surface area contributed by atoms with Gasteiger partial charge in [-0.3, -0.25) is 9.59 Å². The van der Waals surface area contributed by atoms with Crippen LogP contribution in [0.15, 0.2) is 58.4 Å². The topological polar surface area (TPSA) is 88.3 Å². The van der Waals surface area contributed by atoms with Crippen LogP contribution in [0.5, 0.6) is 0 Å². The highest BCUT2D eigenvalue weighted by atomic mass is 32.2. The molecule has 0 bridgehead atoms. The Hall–Kier alpha value is -3.06. The lowest BCUT2D eigenvalue weighted by molar-refractivity contribution is -0.113. The molecule has 0 spiro atoms. The van der Waals surface area contributed by atoms with Crippen molar-refractivity contribution in [2.45, 2.75) is 18.4 Å². The molecule has 2 N–H and O–H groups in total. The van der Waals surface area contributed by atoms with E-state index in [9.17, 15) is 14.4 Å². The summed E-state index contributed by atoms with van der Waals surface area (Å²) in [6, 6.07) is 14.5. The highest BCUT2D eigenvalue weighted by Crippen LogP contribution is 2.22. The number of para-hydroxylation sites is 1. The van der Waals surface area contributed by atoms with Crippen LogP contribution >= 0.6 is 11.8 Å². The summed E-state index contributed by atoms with van der Waals surface area (Å²) in [5.74, 6) is -0.933. The van der Waals surface area contributed by atoms with Crippen LogP contribution in [0, 0.1) is 0 Å². The van der Waals surface area contributed by atoms with E-state index in [4.69, 9.17) is 4.74 Å². The fourth-order valence-electron chi connectivity index (χ4n) is 2.77. The maximum atomic E-state index is 12.7. The van der Waals surface area contributed by atoms with Crippen LogP contribution in [0.4, 0.5) is 5.69 Å². The van der Waals surface area contributed by atoms with Gasteiger partial charge in [-0.05, 0) is 36.2 Å². The average molecular weight is 396 g/mol. The summed E-state index contributed by atoms with van der Waals surface area (Å²) in [7, 11) is 1.22. The summed E-state index contributed by atoms with van der Waals surface area (Å²) in [6.45, 7) is 2.06. The molecule has 3 aromatic rings. The molecule has 6 nitrogen and oxygen atoms in total. The summed E-state index contributed by atoms with van der Waals surface area (Å²) in [5.41, 5.74) is 1.97. The van der Waals surface area contributed by atoms with Gasteiger partial charge in [-0.15, -0.1) is 0 Å². The number of thioether (sulfide) groups is 1. The number of ether oxygens (including phenoxy) is 1. The van der Waals surface area contributed by atoms with Crippen molar-refractivity contribution in [3.05, 3.63) is 69.9 Å². The highest BCUT2D eigenvalue weighted by molar-refractivity contribution is 8.00. The van der Waals surface area contributed by atoms with Crippen molar-refractivity contribution in [3.63, 3.8) is 0 Å². The summed E-state index contributed by atoms with van der Waals surface area (Å²) in [6.07, 6.45) is 0.926. The number of methoxy groups -OCH3 is 1. The number of fused-ring (bicyclic) bond motifs is 1. The molecule has 0 atom stereocenters. The van der Waals surface area contributed by atoms with E-state index >= 15 is 0 Å². The number of aromatic amines is 1. The third-order valence-electron chi connectivity index (χ3n) is 4.26. The Balaban J connectivity index is 1.81. The maximum Gasteiger partial charge on any atom is 0.344 e. The SMILES string of the molecule is CCc1ccc(NC(=O)CSc2[nH]c3ccccc3c(=O)c2C(=O)OC)cc1. The molecule has 0 saturated heterocycles. The molecule has 0 radical (unpaired) electrons. The summed E-state index contributed by atoms with van der Waals surface area (Å²) >= 11 is 1.09. The van der Waals surface area contributed by atoms with Crippen molar-refractivity contribution < 1.29 is 14.3 Å². The number of carbonyl (C=O) groups excluding carboxylic acids is 2. The van der Waals surface area contributed by atoms with Crippen LogP contribution in [-0.4, -0.2) is 29.7 Å². The second-order valence-electron chi connectivity index (χ2n) is 6.08. The van der Waals surface area contributed by atoms with E-state index in [1.807, 2.05) is 24.3 Å². The Bertz CT molecular complexity index is 1070. The Morgan fingerprint density at radius 1 is 1.11 bits per heavy atom. The first-order valence-electron chi connectivity index (χ1n) is 8.78. The van der Waals surface area contributed by atoms with Gasteiger partial charge < -0.3 is 15.0 Å². The third kappa shape index (κ3) is 4.26. The lowest BCUT2D eigenvalue weighted by Crippen LogP contribution is -2.20. The van der Waals surface area contributed by atoms with Gasteiger partial charge in [0.2, 0.25) is 11.3 Å². The van der Waals surface area contributed by atoms with E-state index in [-0.39, 0.29) is 17.2 Å². The molecule has 0 aliphatic rings. The number of aromatic nitrogens is 1. The van der Waals surface area contributed by atoms with Gasteiger partial charge >= 0.3 is 5.97 Å². The molecule has 28 heavy (non-hydrogen) atoms. The standard InChI is InChI=1S/C21H20N2O4S/c1-3-13-8-10-14(11-9-13)22-17(24)12-28-20-18(21(26)27-2)19(25)15-6-4-5-7-16(15)23-20/h4-11H,3,12H2,1-2H3,(H,22,24)(H,23,25). The molecule has 7 heteroatoms. The first-order chi connectivity index (χ1) is 13.5. The number of rotatable bonds is 6. The Labute approximate surface area is 166 Å². The number of hydrogen-bond donors (Lipinski definition) is 2. The fourth-order valence-corrected chi connectivity index (χ4v) is 3.62. The van der Waals surface area contributed by atoms with E-state index < -0.39 is 11.4 Å². The summed E-state index contributed by atoms with van der Waals surface area (Å²) in [4.78, 5) is 40.2. The lowest BCUT2D eigenvalue weighted by Gasteiger charge is -2.10. The second-order valence-corrected chi connectivity index (χ2v) is 7.07. The molecule has 0 unspecified atom stereocenters. The van der Waals surface area contributed by atoms with Crippen LogP contribution in [0.2, 0.25) is 0 Å². The number of pyridine rings is 1. The smallest absolute Gasteiger partial charge is 0.344 e. The van der Waals surface area contributed by atoms with Crippen molar-refractivity contribution in [1.29, 1.82) is 0 Å². The average Bonchev–Trinajstić information content (AvgIpc) is 2.72. The monoisotopic (exact) mass is 396 g/mol. The Morgan fingerprint density at radius 2 is 1.82 bits per heavy atom. The van der Waals surface area contributed by atoms with Crippen LogP contribution < -0.4 is 10.7 Å². The highest BCUT2D eigenvalue weighted by Gasteiger charge is 2.20. The molecule has 0 fully saturated rings. The number of H-pyrrole nitrogens is 1. The molecule has 0 aliphatic heterocycles. The summed E-state index contributed by atoms with van der Waals surface area (Å²) < 4.78 is 4.76. The van der Waals surface area contributed by atoms with Crippen LogP contribution in [0.25, 0.3) is 10.9 Å². The molecule has 3 rings (SSSR count). The Morgan fingerprint density at radius 3 is 2.50 bits per heavy atom. The summed E-state index contributed by atoms with van der Waals surface area (Å²) in [5, 5.41) is 3.52. The first kappa shape index (κ1) is 19.7. The zero-order valence-corrected chi connectivity index (χ0v) is 16.4. The zero-order valence-electron chi connectivity index (χ0n) is 15.6. The number of benzene rings is 2. The van der Waals surface area contributed by atoms with Crippen molar-refractivity contribution in [2.75, 3.05) is 18.2 Å². The number of carbonyl (C=O) groups is 2. The van der Waals surface area contributed by atoms with Gasteiger partial charge in [0.05, 0.1) is 23.4 Å². The van der Waals surface area contributed by atoms with Gasteiger partial charge in [0, 0.05) is 11.1 Å². The number of amides is 1. The lowest BCUT2D eigenvalue weighted by atomic mass is 10.1. The molecule has 1 heterocycles. The van der Waals surface area contributed by atoms with Gasteiger partial charge in [-0.25, -0.2) is 4.79 Å². The fraction of sp³-hybridized carbons (Fsp3) is 0.190. The molecule has 0 aliphatic carbocycles. The largest absolute Gasteiger partial charge is 0.465 e. The molecule has 1 amide bonds. The molecule has 2 aromatic carbocycles. The number of esters is 1. The van der Waals surface area contributed by atoms with Gasteiger partial charge in [-0.1, -0.05) is 43.0 Å². The molecular weight excluding hydrogens is 376 g/mol. The predicted molar refractivity (Wildman–Crippen MR) is 111 cm³/mol. The van der Waals surface area contributed by atoms with Crippen molar-refractivity contribution in [2.24, 2.45) is 0 Å². The quantitative estimate of drug-likeness (QED) is 0.491. The van der Waals surface area contributed by atoms with Crippen LogP contribution in [0.1, 0.15) is 22.8 Å². The molecular formula is C21H20N2O4S. The predicted octanol–water partition coefficient (Wildman–Crippen LogP) is 3.61. The van der Waals surface area contributed by atoms with Gasteiger partial charge in [0.1, 0.15) is 5.56 Å². The molecule has 0 saturated carbocycles. The number of hydrogen-bond acceptors (Lipinski definition) is 5. The number of anilines is 1. The van der Waals surface area contributed by atoms with E-state index in [2.05, 4.69) is 17.2 Å². The zero-order chi connectivity index (χ0) is 20.1. The second kappa shape index (κ2) is 8.75. The third-order valence-corrected chi connectivity index (χ3v) is 5.26. The van der Waals surface area contributed by atoms with Crippen LogP contribution in [-0.2, 0) is 16.0 Å². The molecule has 1 aromatic heterocycles. The van der Waals surface area contributed by atoms with E-state index in [0.29, 0.717) is 21.6 Å². The minimum absolute atomic E-state index is 0.0355. The number of aryl methyl sites for hydroxylation is 1. The minimum Gasteiger partial charge on any atom is -0.465 e. The van der Waals surface area contributed by atoms with E-state index in [0.717, 1.165) is 18.2 Å². The van der Waals surface area contributed by atoms with E-state index in [1.165, 1.54) is 12.7 Å².